The molecule has 23 heavy (non-hydrogen) atoms. The summed E-state index contributed by atoms with van der Waals surface area (Å²) in [6.07, 6.45) is 0. The smallest absolute Gasteiger partial charge is 0.128 e. The number of hydrogen-bond acceptors (Lipinski definition) is 3. The highest BCUT2D eigenvalue weighted by Crippen LogP contribution is 2.28. The van der Waals surface area contributed by atoms with E-state index in [2.05, 4.69) is 10.3 Å². The molecule has 3 aromatic rings. The van der Waals surface area contributed by atoms with Gasteiger partial charge in [-0.1, -0.05) is 5.21 Å². The lowest BCUT2D eigenvalue weighted by atomic mass is 10.1. The molecule has 118 valence electrons. The van der Waals surface area contributed by atoms with Crippen molar-refractivity contribution in [3.05, 3.63) is 59.8 Å². The van der Waals surface area contributed by atoms with Crippen LogP contribution in [0.5, 0.6) is 5.75 Å². The van der Waals surface area contributed by atoms with E-state index in [-0.39, 0.29) is 11.6 Å². The Labute approximate surface area is 136 Å². The van der Waals surface area contributed by atoms with E-state index in [1.54, 1.807) is 31.4 Å². The standard InChI is InChI=1S/C16H12ClF2N3O/c1-23-14-4-2-10(3-5-14)16-15(9-17)20-21-22(16)13-7-11(18)6-12(19)8-13/h2-8H,9H2,1H3. The molecular formula is C16H12ClF2N3O. The van der Waals surface area contributed by atoms with Crippen LogP contribution in [0.4, 0.5) is 8.78 Å². The normalized spacial score (nSPS) is 10.8. The molecule has 0 aliphatic rings. The lowest BCUT2D eigenvalue weighted by Crippen LogP contribution is -2.01. The number of alkyl halides is 1. The van der Waals surface area contributed by atoms with Gasteiger partial charge in [0, 0.05) is 11.6 Å². The molecule has 7 heteroatoms. The van der Waals surface area contributed by atoms with Crippen molar-refractivity contribution in [1.82, 2.24) is 15.0 Å². The van der Waals surface area contributed by atoms with Gasteiger partial charge in [-0.2, -0.15) is 0 Å². The summed E-state index contributed by atoms with van der Waals surface area (Å²) in [6.45, 7) is 0. The van der Waals surface area contributed by atoms with Crippen LogP contribution in [0.2, 0.25) is 0 Å². The van der Waals surface area contributed by atoms with Crippen molar-refractivity contribution in [3.8, 4) is 22.7 Å². The summed E-state index contributed by atoms with van der Waals surface area (Å²) < 4.78 is 33.5. The quantitative estimate of drug-likeness (QED) is 0.677. The molecule has 1 heterocycles. The lowest BCUT2D eigenvalue weighted by Gasteiger charge is -2.09. The molecule has 0 fully saturated rings. The number of aromatic nitrogens is 3. The molecule has 0 radical (unpaired) electrons. The molecule has 0 saturated carbocycles. The third-order valence-corrected chi connectivity index (χ3v) is 3.58. The van der Waals surface area contributed by atoms with Crippen LogP contribution >= 0.6 is 11.6 Å². The van der Waals surface area contributed by atoms with Crippen molar-refractivity contribution in [2.45, 2.75) is 5.88 Å². The van der Waals surface area contributed by atoms with Crippen LogP contribution in [-0.4, -0.2) is 22.1 Å². The lowest BCUT2D eigenvalue weighted by molar-refractivity contribution is 0.415. The summed E-state index contributed by atoms with van der Waals surface area (Å²) in [6, 6.07) is 10.3. The monoisotopic (exact) mass is 335 g/mol. The second-order valence-electron chi connectivity index (χ2n) is 4.79. The highest BCUT2D eigenvalue weighted by Gasteiger charge is 2.17. The molecule has 0 spiro atoms. The highest BCUT2D eigenvalue weighted by molar-refractivity contribution is 6.17. The van der Waals surface area contributed by atoms with E-state index < -0.39 is 11.6 Å². The predicted octanol–water partition coefficient (Wildman–Crippen LogP) is 3.96. The zero-order valence-corrected chi connectivity index (χ0v) is 12.9. The summed E-state index contributed by atoms with van der Waals surface area (Å²) >= 11 is 5.92. The van der Waals surface area contributed by atoms with Gasteiger partial charge in [-0.15, -0.1) is 16.7 Å². The molecule has 0 aliphatic carbocycles. The maximum atomic E-state index is 13.5. The molecule has 1 aromatic heterocycles. The molecule has 0 aliphatic heterocycles. The third-order valence-electron chi connectivity index (χ3n) is 3.32. The van der Waals surface area contributed by atoms with Gasteiger partial charge >= 0.3 is 0 Å². The fourth-order valence-corrected chi connectivity index (χ4v) is 2.46. The van der Waals surface area contributed by atoms with Crippen molar-refractivity contribution in [2.75, 3.05) is 7.11 Å². The Morgan fingerprint density at radius 3 is 2.30 bits per heavy atom. The number of rotatable bonds is 4. The van der Waals surface area contributed by atoms with E-state index in [0.717, 1.165) is 11.6 Å². The summed E-state index contributed by atoms with van der Waals surface area (Å²) in [5.74, 6) is -0.566. The SMILES string of the molecule is COc1ccc(-c2c(CCl)nnn2-c2cc(F)cc(F)c2)cc1. The number of ether oxygens (including phenoxy) is 1. The van der Waals surface area contributed by atoms with Crippen molar-refractivity contribution in [3.63, 3.8) is 0 Å². The zero-order chi connectivity index (χ0) is 16.4. The van der Waals surface area contributed by atoms with Crippen molar-refractivity contribution in [2.24, 2.45) is 0 Å². The molecule has 3 rings (SSSR count). The number of hydrogen-bond donors (Lipinski definition) is 0. The minimum Gasteiger partial charge on any atom is -0.497 e. The van der Waals surface area contributed by atoms with Crippen LogP contribution < -0.4 is 4.74 Å². The van der Waals surface area contributed by atoms with Gasteiger partial charge in [-0.25, -0.2) is 13.5 Å². The maximum Gasteiger partial charge on any atom is 0.128 e. The Kier molecular flexibility index (Phi) is 4.25. The zero-order valence-electron chi connectivity index (χ0n) is 12.1. The average molecular weight is 336 g/mol. The minimum absolute atomic E-state index is 0.124. The Bertz CT molecular complexity index is 814. The van der Waals surface area contributed by atoms with Crippen molar-refractivity contribution >= 4 is 11.6 Å². The average Bonchev–Trinajstić information content (AvgIpc) is 2.98. The van der Waals surface area contributed by atoms with E-state index in [4.69, 9.17) is 16.3 Å². The summed E-state index contributed by atoms with van der Waals surface area (Å²) in [5, 5.41) is 7.97. The Balaban J connectivity index is 2.16. The molecule has 0 unspecified atom stereocenters. The van der Waals surface area contributed by atoms with E-state index in [0.29, 0.717) is 17.1 Å². The predicted molar refractivity (Wildman–Crippen MR) is 82.8 cm³/mol. The molecule has 4 nitrogen and oxygen atoms in total. The van der Waals surface area contributed by atoms with Crippen molar-refractivity contribution in [1.29, 1.82) is 0 Å². The Morgan fingerprint density at radius 2 is 1.74 bits per heavy atom. The molecular weight excluding hydrogens is 324 g/mol. The number of halogens is 3. The first kappa shape index (κ1) is 15.4. The molecule has 2 aromatic carbocycles. The second kappa shape index (κ2) is 6.34. The largest absolute Gasteiger partial charge is 0.497 e. The summed E-state index contributed by atoms with van der Waals surface area (Å²) in [7, 11) is 1.57. The van der Waals surface area contributed by atoms with E-state index in [9.17, 15) is 8.78 Å². The van der Waals surface area contributed by atoms with Gasteiger partial charge < -0.3 is 4.74 Å². The molecule has 0 amide bonds. The maximum absolute atomic E-state index is 13.5. The van der Waals surface area contributed by atoms with Gasteiger partial charge in [0.15, 0.2) is 0 Å². The van der Waals surface area contributed by atoms with E-state index in [1.807, 2.05) is 0 Å². The topological polar surface area (TPSA) is 39.9 Å². The van der Waals surface area contributed by atoms with Crippen LogP contribution in [0.25, 0.3) is 16.9 Å². The molecule has 0 saturated heterocycles. The number of benzene rings is 2. The number of nitrogens with zero attached hydrogens (tertiary/aromatic N) is 3. The van der Waals surface area contributed by atoms with Crippen LogP contribution in [0.3, 0.4) is 0 Å². The fraction of sp³-hybridized carbons (Fsp3) is 0.125. The van der Waals surface area contributed by atoms with E-state index >= 15 is 0 Å². The Hall–Kier alpha value is -2.47. The Morgan fingerprint density at radius 1 is 1.09 bits per heavy atom. The first-order valence-corrected chi connectivity index (χ1v) is 7.27. The first-order chi connectivity index (χ1) is 11.1. The van der Waals surface area contributed by atoms with Gasteiger partial charge in [0.25, 0.3) is 0 Å². The summed E-state index contributed by atoms with van der Waals surface area (Å²) in [4.78, 5) is 0. The molecule has 0 atom stereocenters. The van der Waals surface area contributed by atoms with Crippen molar-refractivity contribution < 1.29 is 13.5 Å². The van der Waals surface area contributed by atoms with Gasteiger partial charge in [-0.05, 0) is 36.4 Å². The fourth-order valence-electron chi connectivity index (χ4n) is 2.28. The van der Waals surface area contributed by atoms with Crippen LogP contribution in [0.15, 0.2) is 42.5 Å². The summed E-state index contributed by atoms with van der Waals surface area (Å²) in [5.41, 5.74) is 2.09. The first-order valence-electron chi connectivity index (χ1n) is 6.74. The second-order valence-corrected chi connectivity index (χ2v) is 5.05. The number of methoxy groups -OCH3 is 1. The minimum atomic E-state index is -0.691. The van der Waals surface area contributed by atoms with Crippen LogP contribution in [0.1, 0.15) is 5.69 Å². The van der Waals surface area contributed by atoms with Gasteiger partial charge in [-0.3, -0.25) is 0 Å². The third kappa shape index (κ3) is 3.03. The van der Waals surface area contributed by atoms with Gasteiger partial charge in [0.2, 0.25) is 0 Å². The highest BCUT2D eigenvalue weighted by atomic mass is 35.5. The molecule has 0 bridgehead atoms. The van der Waals surface area contributed by atoms with E-state index in [1.165, 1.54) is 16.8 Å². The molecule has 0 N–H and O–H groups in total. The van der Waals surface area contributed by atoms with Gasteiger partial charge in [0.1, 0.15) is 23.1 Å². The van der Waals surface area contributed by atoms with Crippen LogP contribution in [0, 0.1) is 11.6 Å². The van der Waals surface area contributed by atoms with Gasteiger partial charge in [0.05, 0.1) is 24.4 Å². The van der Waals surface area contributed by atoms with Crippen LogP contribution in [-0.2, 0) is 5.88 Å².